The van der Waals surface area contributed by atoms with Gasteiger partial charge in [-0.25, -0.2) is 0 Å². The summed E-state index contributed by atoms with van der Waals surface area (Å²) in [5.41, 5.74) is 0. The first kappa shape index (κ1) is 17.0. The average molecular weight is 268 g/mol. The second kappa shape index (κ2) is 8.97. The second-order valence-corrected chi connectivity index (χ2v) is 6.52. The van der Waals surface area contributed by atoms with Gasteiger partial charge in [-0.15, -0.1) is 0 Å². The molecule has 1 aliphatic rings. The van der Waals surface area contributed by atoms with Crippen LogP contribution in [0.25, 0.3) is 0 Å². The molecule has 3 atom stereocenters. The van der Waals surface area contributed by atoms with Crippen molar-refractivity contribution in [3.8, 4) is 0 Å². The highest BCUT2D eigenvalue weighted by atomic mass is 15.1. The zero-order valence-electron chi connectivity index (χ0n) is 13.9. The Bertz CT molecular complexity index is 223. The molecule has 0 aromatic heterocycles. The summed E-state index contributed by atoms with van der Waals surface area (Å²) in [5.74, 6) is 1.68. The van der Waals surface area contributed by atoms with Crippen LogP contribution in [-0.4, -0.2) is 36.6 Å². The van der Waals surface area contributed by atoms with Crippen LogP contribution in [0.5, 0.6) is 0 Å². The molecule has 0 aromatic rings. The van der Waals surface area contributed by atoms with E-state index in [1.54, 1.807) is 0 Å². The largest absolute Gasteiger partial charge is 0.311 e. The summed E-state index contributed by atoms with van der Waals surface area (Å²) in [7, 11) is 0. The molecule has 3 unspecified atom stereocenters. The molecule has 114 valence electrons. The van der Waals surface area contributed by atoms with Gasteiger partial charge in [-0.2, -0.15) is 0 Å². The molecule has 0 aromatic carbocycles. The highest BCUT2D eigenvalue weighted by Gasteiger charge is 2.26. The third-order valence-electron chi connectivity index (χ3n) is 5.07. The van der Waals surface area contributed by atoms with Crippen molar-refractivity contribution in [3.05, 3.63) is 0 Å². The maximum atomic E-state index is 3.89. The molecule has 0 aliphatic carbocycles. The smallest absolute Gasteiger partial charge is 0.00818 e. The van der Waals surface area contributed by atoms with Gasteiger partial charge >= 0.3 is 0 Å². The molecule has 1 aliphatic heterocycles. The lowest BCUT2D eigenvalue weighted by Crippen LogP contribution is -2.48. The molecule has 1 rings (SSSR count). The monoisotopic (exact) mass is 268 g/mol. The molecule has 0 amide bonds. The lowest BCUT2D eigenvalue weighted by Gasteiger charge is -2.38. The topological polar surface area (TPSA) is 15.3 Å². The quantitative estimate of drug-likeness (QED) is 0.718. The second-order valence-electron chi connectivity index (χ2n) is 6.52. The molecule has 1 heterocycles. The van der Waals surface area contributed by atoms with Crippen LogP contribution in [0.4, 0.5) is 0 Å². The van der Waals surface area contributed by atoms with Crippen molar-refractivity contribution in [1.82, 2.24) is 10.2 Å². The predicted octanol–water partition coefficient (Wildman–Crippen LogP) is 3.91. The van der Waals surface area contributed by atoms with Gasteiger partial charge in [0, 0.05) is 18.6 Å². The number of hydrogen-bond donors (Lipinski definition) is 1. The first-order valence-electron chi connectivity index (χ1n) is 8.60. The van der Waals surface area contributed by atoms with Crippen molar-refractivity contribution in [2.45, 2.75) is 78.8 Å². The number of hydrogen-bond acceptors (Lipinski definition) is 2. The van der Waals surface area contributed by atoms with Crippen molar-refractivity contribution in [1.29, 1.82) is 0 Å². The molecule has 2 heteroatoms. The summed E-state index contributed by atoms with van der Waals surface area (Å²) in [5, 5.41) is 3.89. The molecule has 0 radical (unpaired) electrons. The average Bonchev–Trinajstić information content (AvgIpc) is 2.40. The van der Waals surface area contributed by atoms with Gasteiger partial charge in [0.25, 0.3) is 0 Å². The van der Waals surface area contributed by atoms with E-state index in [1.165, 1.54) is 51.7 Å². The highest BCUT2D eigenvalue weighted by molar-refractivity contribution is 4.83. The molecule has 0 spiro atoms. The molecular weight excluding hydrogens is 232 g/mol. The third kappa shape index (κ3) is 5.43. The lowest BCUT2D eigenvalue weighted by atomic mass is 9.89. The zero-order valence-corrected chi connectivity index (χ0v) is 13.9. The fourth-order valence-electron chi connectivity index (χ4n) is 3.70. The molecule has 2 nitrogen and oxygen atoms in total. The minimum atomic E-state index is 0.659. The molecule has 1 N–H and O–H groups in total. The first-order chi connectivity index (χ1) is 9.12. The van der Waals surface area contributed by atoms with Gasteiger partial charge in [-0.05, 0) is 58.0 Å². The fraction of sp³-hybridized carbons (Fsp3) is 1.00. The van der Waals surface area contributed by atoms with Gasteiger partial charge in [0.2, 0.25) is 0 Å². The van der Waals surface area contributed by atoms with Crippen LogP contribution in [0.2, 0.25) is 0 Å². The molecule has 0 bridgehead atoms. The standard InChI is InChI=1S/C17H36N2/c1-6-11-19-12-9-10-17(13-19)15(5)18-14(4)16(7-2)8-3/h14-18H,6-13H2,1-5H3. The fourth-order valence-corrected chi connectivity index (χ4v) is 3.70. The van der Waals surface area contributed by atoms with Gasteiger partial charge in [-0.3, -0.25) is 0 Å². The van der Waals surface area contributed by atoms with Gasteiger partial charge in [0.1, 0.15) is 0 Å². The first-order valence-corrected chi connectivity index (χ1v) is 8.60. The zero-order chi connectivity index (χ0) is 14.3. The number of piperidine rings is 1. The van der Waals surface area contributed by atoms with Crippen LogP contribution in [-0.2, 0) is 0 Å². The van der Waals surface area contributed by atoms with Crippen molar-refractivity contribution < 1.29 is 0 Å². The SMILES string of the molecule is CCCN1CCCC(C(C)NC(C)C(CC)CC)C1. The van der Waals surface area contributed by atoms with E-state index in [2.05, 4.69) is 44.8 Å². The number of rotatable bonds is 8. The Morgan fingerprint density at radius 3 is 2.42 bits per heavy atom. The van der Waals surface area contributed by atoms with E-state index in [-0.39, 0.29) is 0 Å². The summed E-state index contributed by atoms with van der Waals surface area (Å²) in [6.07, 6.45) is 6.67. The van der Waals surface area contributed by atoms with Crippen LogP contribution in [0.15, 0.2) is 0 Å². The number of nitrogens with zero attached hydrogens (tertiary/aromatic N) is 1. The minimum absolute atomic E-state index is 0.659. The maximum Gasteiger partial charge on any atom is 0.00818 e. The Hall–Kier alpha value is -0.0800. The summed E-state index contributed by atoms with van der Waals surface area (Å²) < 4.78 is 0. The number of nitrogens with one attached hydrogen (secondary N) is 1. The van der Waals surface area contributed by atoms with Gasteiger partial charge in [-0.1, -0.05) is 33.6 Å². The van der Waals surface area contributed by atoms with E-state index in [9.17, 15) is 0 Å². The van der Waals surface area contributed by atoms with E-state index in [4.69, 9.17) is 0 Å². The van der Waals surface area contributed by atoms with E-state index in [0.717, 1.165) is 11.8 Å². The lowest BCUT2D eigenvalue weighted by molar-refractivity contribution is 0.142. The van der Waals surface area contributed by atoms with Crippen LogP contribution in [0, 0.1) is 11.8 Å². The van der Waals surface area contributed by atoms with Crippen molar-refractivity contribution >= 4 is 0 Å². The Balaban J connectivity index is 2.41. The highest BCUT2D eigenvalue weighted by Crippen LogP contribution is 2.22. The van der Waals surface area contributed by atoms with E-state index in [0.29, 0.717) is 12.1 Å². The predicted molar refractivity (Wildman–Crippen MR) is 85.6 cm³/mol. The summed E-state index contributed by atoms with van der Waals surface area (Å²) in [4.78, 5) is 2.66. The van der Waals surface area contributed by atoms with Crippen LogP contribution < -0.4 is 5.32 Å². The Morgan fingerprint density at radius 1 is 1.16 bits per heavy atom. The Kier molecular flexibility index (Phi) is 8.01. The van der Waals surface area contributed by atoms with E-state index in [1.807, 2.05) is 0 Å². The molecule has 0 saturated carbocycles. The van der Waals surface area contributed by atoms with Gasteiger partial charge < -0.3 is 10.2 Å². The van der Waals surface area contributed by atoms with E-state index < -0.39 is 0 Å². The number of likely N-dealkylation sites (tertiary alicyclic amines) is 1. The Morgan fingerprint density at radius 2 is 1.84 bits per heavy atom. The van der Waals surface area contributed by atoms with Crippen molar-refractivity contribution in [2.75, 3.05) is 19.6 Å². The van der Waals surface area contributed by atoms with Gasteiger partial charge in [0.15, 0.2) is 0 Å². The molecule has 1 fully saturated rings. The van der Waals surface area contributed by atoms with Gasteiger partial charge in [0.05, 0.1) is 0 Å². The summed E-state index contributed by atoms with van der Waals surface area (Å²) >= 11 is 0. The normalized spacial score (nSPS) is 24.6. The van der Waals surface area contributed by atoms with Crippen LogP contribution in [0.1, 0.15) is 66.7 Å². The van der Waals surface area contributed by atoms with Crippen molar-refractivity contribution in [2.24, 2.45) is 11.8 Å². The third-order valence-corrected chi connectivity index (χ3v) is 5.07. The van der Waals surface area contributed by atoms with Crippen molar-refractivity contribution in [3.63, 3.8) is 0 Å². The minimum Gasteiger partial charge on any atom is -0.311 e. The van der Waals surface area contributed by atoms with E-state index >= 15 is 0 Å². The van der Waals surface area contributed by atoms with Crippen LogP contribution in [0.3, 0.4) is 0 Å². The summed E-state index contributed by atoms with van der Waals surface area (Å²) in [6, 6.07) is 1.32. The molecule has 1 saturated heterocycles. The maximum absolute atomic E-state index is 3.89. The molecular formula is C17H36N2. The Labute approximate surface area is 121 Å². The molecule has 19 heavy (non-hydrogen) atoms. The van der Waals surface area contributed by atoms with Crippen LogP contribution >= 0.6 is 0 Å². The summed E-state index contributed by atoms with van der Waals surface area (Å²) in [6.45, 7) is 15.6.